The van der Waals surface area contributed by atoms with E-state index in [1.165, 1.54) is 16.8 Å². The maximum atomic E-state index is 13.6. The van der Waals surface area contributed by atoms with Gasteiger partial charge in [0.25, 0.3) is 5.56 Å². The van der Waals surface area contributed by atoms with Crippen LogP contribution in [-0.4, -0.2) is 23.8 Å². The van der Waals surface area contributed by atoms with Gasteiger partial charge >= 0.3 is 0 Å². The van der Waals surface area contributed by atoms with Gasteiger partial charge in [0.1, 0.15) is 11.5 Å². The van der Waals surface area contributed by atoms with Crippen molar-refractivity contribution in [2.24, 2.45) is 0 Å². The van der Waals surface area contributed by atoms with E-state index in [-0.39, 0.29) is 23.5 Å². The molecule has 1 aromatic rings. The number of hydrogen-bond acceptors (Lipinski definition) is 3. The fourth-order valence-electron chi connectivity index (χ4n) is 2.22. The minimum atomic E-state index is -0.385. The normalized spacial score (nSPS) is 17.1. The zero-order chi connectivity index (χ0) is 13.1. The maximum absolute atomic E-state index is 13.6. The first-order chi connectivity index (χ1) is 8.58. The predicted octanol–water partition coefficient (Wildman–Crippen LogP) is 2.16. The van der Waals surface area contributed by atoms with E-state index in [0.717, 1.165) is 12.8 Å². The number of aromatic nitrogens is 1. The highest BCUT2D eigenvalue weighted by atomic mass is 19.1. The van der Waals surface area contributed by atoms with Crippen LogP contribution in [0.25, 0.3) is 0 Å². The van der Waals surface area contributed by atoms with Crippen LogP contribution in [-0.2, 0) is 4.74 Å². The molecule has 2 rings (SSSR count). The van der Waals surface area contributed by atoms with Crippen molar-refractivity contribution in [3.63, 3.8) is 0 Å². The lowest BCUT2D eigenvalue weighted by atomic mass is 10.1. The smallest absolute Gasteiger partial charge is 0.274 e. The van der Waals surface area contributed by atoms with E-state index in [9.17, 15) is 9.18 Å². The molecule has 0 saturated carbocycles. The standard InChI is InChI=1S/C13H19FN2O2/c1-9(2)15-12-7-10(14)8-16(13(12)17)11-3-5-18-6-4-11/h7-9,11,15H,3-6H2,1-2H3. The number of anilines is 1. The summed E-state index contributed by atoms with van der Waals surface area (Å²) in [6.07, 6.45) is 2.80. The molecule has 1 fully saturated rings. The first-order valence-electron chi connectivity index (χ1n) is 6.34. The Morgan fingerprint density at radius 1 is 1.44 bits per heavy atom. The molecule has 0 aromatic carbocycles. The second kappa shape index (κ2) is 5.52. The molecule has 1 N–H and O–H groups in total. The summed E-state index contributed by atoms with van der Waals surface area (Å²) >= 11 is 0. The van der Waals surface area contributed by atoms with Gasteiger partial charge in [0.15, 0.2) is 0 Å². The van der Waals surface area contributed by atoms with Crippen molar-refractivity contribution in [1.29, 1.82) is 0 Å². The fourth-order valence-corrected chi connectivity index (χ4v) is 2.22. The first-order valence-corrected chi connectivity index (χ1v) is 6.34. The summed E-state index contributed by atoms with van der Waals surface area (Å²) in [4.78, 5) is 12.2. The number of hydrogen-bond donors (Lipinski definition) is 1. The molecule has 4 nitrogen and oxygen atoms in total. The SMILES string of the molecule is CC(C)Nc1cc(F)cn(C2CCOCC2)c1=O. The Balaban J connectivity index is 2.34. The van der Waals surface area contributed by atoms with E-state index in [0.29, 0.717) is 18.9 Å². The lowest BCUT2D eigenvalue weighted by Gasteiger charge is -2.25. The van der Waals surface area contributed by atoms with Crippen molar-refractivity contribution in [1.82, 2.24) is 4.57 Å². The van der Waals surface area contributed by atoms with Crippen LogP contribution >= 0.6 is 0 Å². The van der Waals surface area contributed by atoms with Gasteiger partial charge in [0, 0.05) is 37.6 Å². The Morgan fingerprint density at radius 2 is 2.11 bits per heavy atom. The predicted molar refractivity (Wildman–Crippen MR) is 68.5 cm³/mol. The number of rotatable bonds is 3. The Morgan fingerprint density at radius 3 is 2.72 bits per heavy atom. The quantitative estimate of drug-likeness (QED) is 0.899. The van der Waals surface area contributed by atoms with Crippen LogP contribution in [0.2, 0.25) is 0 Å². The summed E-state index contributed by atoms with van der Waals surface area (Å²) < 4.78 is 20.3. The second-order valence-electron chi connectivity index (χ2n) is 4.93. The van der Waals surface area contributed by atoms with Crippen LogP contribution in [0.15, 0.2) is 17.1 Å². The summed E-state index contributed by atoms with van der Waals surface area (Å²) in [6.45, 7) is 5.09. The molecule has 0 radical (unpaired) electrons. The molecule has 1 aliphatic heterocycles. The minimum Gasteiger partial charge on any atom is -0.381 e. The zero-order valence-electron chi connectivity index (χ0n) is 10.8. The van der Waals surface area contributed by atoms with Crippen molar-refractivity contribution >= 4 is 5.69 Å². The highest BCUT2D eigenvalue weighted by Gasteiger charge is 2.19. The number of ether oxygens (including phenoxy) is 1. The molecule has 1 aliphatic rings. The van der Waals surface area contributed by atoms with Gasteiger partial charge in [-0.15, -0.1) is 0 Å². The number of nitrogens with zero attached hydrogens (tertiary/aromatic N) is 1. The Labute approximate surface area is 106 Å². The van der Waals surface area contributed by atoms with E-state index >= 15 is 0 Å². The van der Waals surface area contributed by atoms with Gasteiger partial charge in [-0.1, -0.05) is 0 Å². The summed E-state index contributed by atoms with van der Waals surface area (Å²) in [5, 5.41) is 2.99. The summed E-state index contributed by atoms with van der Waals surface area (Å²) in [5.41, 5.74) is 0.175. The largest absolute Gasteiger partial charge is 0.381 e. The fraction of sp³-hybridized carbons (Fsp3) is 0.615. The number of halogens is 1. The number of nitrogens with one attached hydrogen (secondary N) is 1. The zero-order valence-corrected chi connectivity index (χ0v) is 10.8. The van der Waals surface area contributed by atoms with Crippen LogP contribution in [0.5, 0.6) is 0 Å². The van der Waals surface area contributed by atoms with Gasteiger partial charge in [-0.3, -0.25) is 4.79 Å². The average molecular weight is 254 g/mol. The molecule has 2 heterocycles. The number of pyridine rings is 1. The van der Waals surface area contributed by atoms with Gasteiger partial charge in [-0.05, 0) is 26.7 Å². The molecule has 0 aliphatic carbocycles. The molecule has 5 heteroatoms. The molecule has 0 bridgehead atoms. The van der Waals surface area contributed by atoms with Gasteiger partial charge in [0.2, 0.25) is 0 Å². The third-order valence-corrected chi connectivity index (χ3v) is 3.04. The van der Waals surface area contributed by atoms with E-state index in [2.05, 4.69) is 5.32 Å². The van der Waals surface area contributed by atoms with Crippen molar-refractivity contribution in [3.8, 4) is 0 Å². The van der Waals surface area contributed by atoms with Gasteiger partial charge in [0.05, 0.1) is 0 Å². The monoisotopic (exact) mass is 254 g/mol. The lowest BCUT2D eigenvalue weighted by Crippen LogP contribution is -2.31. The van der Waals surface area contributed by atoms with E-state index in [4.69, 9.17) is 4.74 Å². The highest BCUT2D eigenvalue weighted by molar-refractivity contribution is 5.41. The summed E-state index contributed by atoms with van der Waals surface area (Å²) in [5.74, 6) is -0.385. The molecular formula is C13H19FN2O2. The molecule has 0 spiro atoms. The van der Waals surface area contributed by atoms with Gasteiger partial charge in [-0.25, -0.2) is 4.39 Å². The lowest BCUT2D eigenvalue weighted by molar-refractivity contribution is 0.0684. The topological polar surface area (TPSA) is 43.3 Å². The average Bonchev–Trinajstić information content (AvgIpc) is 2.34. The Hall–Kier alpha value is -1.36. The van der Waals surface area contributed by atoms with Gasteiger partial charge < -0.3 is 14.6 Å². The van der Waals surface area contributed by atoms with E-state index < -0.39 is 0 Å². The van der Waals surface area contributed by atoms with Crippen LogP contribution < -0.4 is 10.9 Å². The summed E-state index contributed by atoms with van der Waals surface area (Å²) in [6, 6.07) is 1.40. The van der Waals surface area contributed by atoms with Crippen molar-refractivity contribution < 1.29 is 9.13 Å². The maximum Gasteiger partial charge on any atom is 0.274 e. The molecule has 0 atom stereocenters. The molecule has 18 heavy (non-hydrogen) atoms. The van der Waals surface area contributed by atoms with E-state index in [1.54, 1.807) is 0 Å². The molecule has 0 amide bonds. The highest BCUT2D eigenvalue weighted by Crippen LogP contribution is 2.20. The molecule has 1 aromatic heterocycles. The van der Waals surface area contributed by atoms with Crippen molar-refractivity contribution in [3.05, 3.63) is 28.4 Å². The van der Waals surface area contributed by atoms with Crippen LogP contribution in [0.3, 0.4) is 0 Å². The molecular weight excluding hydrogens is 235 g/mol. The second-order valence-corrected chi connectivity index (χ2v) is 4.93. The van der Waals surface area contributed by atoms with Crippen molar-refractivity contribution in [2.45, 2.75) is 38.8 Å². The van der Waals surface area contributed by atoms with Crippen LogP contribution in [0.1, 0.15) is 32.7 Å². The van der Waals surface area contributed by atoms with Crippen LogP contribution in [0.4, 0.5) is 10.1 Å². The minimum absolute atomic E-state index is 0.0367. The molecule has 1 saturated heterocycles. The van der Waals surface area contributed by atoms with E-state index in [1.807, 2.05) is 13.8 Å². The van der Waals surface area contributed by atoms with Crippen molar-refractivity contribution in [2.75, 3.05) is 18.5 Å². The molecule has 100 valence electrons. The molecule has 0 unspecified atom stereocenters. The Kier molecular flexibility index (Phi) is 4.01. The first kappa shape index (κ1) is 13.1. The van der Waals surface area contributed by atoms with Gasteiger partial charge in [-0.2, -0.15) is 0 Å². The third-order valence-electron chi connectivity index (χ3n) is 3.04. The Bertz CT molecular complexity index is 465. The van der Waals surface area contributed by atoms with Crippen LogP contribution in [0, 0.1) is 5.82 Å². The third kappa shape index (κ3) is 2.90. The summed E-state index contributed by atoms with van der Waals surface area (Å²) in [7, 11) is 0.